The van der Waals surface area contributed by atoms with E-state index < -0.39 is 6.43 Å². The first-order valence-electron chi connectivity index (χ1n) is 8.02. The van der Waals surface area contributed by atoms with Crippen molar-refractivity contribution in [3.63, 3.8) is 0 Å². The van der Waals surface area contributed by atoms with Crippen LogP contribution >= 0.6 is 11.8 Å². The summed E-state index contributed by atoms with van der Waals surface area (Å²) in [5, 5.41) is 1.06. The molecule has 1 N–H and O–H groups in total. The van der Waals surface area contributed by atoms with Crippen LogP contribution in [0.5, 0.6) is 0 Å². The van der Waals surface area contributed by atoms with Gasteiger partial charge in [-0.15, -0.1) is 0 Å². The number of fused-ring (bicyclic) bond motifs is 1. The van der Waals surface area contributed by atoms with Gasteiger partial charge in [0, 0.05) is 25.7 Å². The normalized spacial score (nSPS) is 20.9. The number of nitrogens with one attached hydrogen (secondary N) is 1. The van der Waals surface area contributed by atoms with E-state index in [1.807, 2.05) is 24.0 Å². The van der Waals surface area contributed by atoms with E-state index in [-0.39, 0.29) is 6.42 Å². The van der Waals surface area contributed by atoms with Crippen LogP contribution in [0.4, 0.5) is 14.6 Å². The third kappa shape index (κ3) is 3.94. The maximum atomic E-state index is 12.1. The highest BCUT2D eigenvalue weighted by Gasteiger charge is 2.33. The van der Waals surface area contributed by atoms with Crippen molar-refractivity contribution in [3.8, 4) is 0 Å². The zero-order chi connectivity index (χ0) is 16.2. The van der Waals surface area contributed by atoms with Crippen LogP contribution in [-0.4, -0.2) is 46.0 Å². The minimum Gasteiger partial charge on any atom is -0.356 e. The minimum absolute atomic E-state index is 0.0312. The molecule has 1 aliphatic carbocycles. The van der Waals surface area contributed by atoms with E-state index >= 15 is 0 Å². The van der Waals surface area contributed by atoms with Crippen molar-refractivity contribution >= 4 is 28.6 Å². The Morgan fingerprint density at radius 1 is 1.39 bits per heavy atom. The van der Waals surface area contributed by atoms with Gasteiger partial charge < -0.3 is 9.88 Å². The molecule has 0 bridgehead atoms. The first-order chi connectivity index (χ1) is 11.1. The second-order valence-corrected chi connectivity index (χ2v) is 7.30. The van der Waals surface area contributed by atoms with E-state index in [9.17, 15) is 8.78 Å². The van der Waals surface area contributed by atoms with Crippen molar-refractivity contribution in [2.24, 2.45) is 5.92 Å². The highest BCUT2D eigenvalue weighted by Crippen LogP contribution is 2.36. The number of aromatic amines is 1. The Morgan fingerprint density at radius 3 is 3.00 bits per heavy atom. The van der Waals surface area contributed by atoms with Crippen molar-refractivity contribution in [3.05, 3.63) is 18.6 Å². The highest BCUT2D eigenvalue weighted by molar-refractivity contribution is 7.99. The number of anilines is 1. The average Bonchev–Trinajstić information content (AvgIpc) is 2.96. The fourth-order valence-electron chi connectivity index (χ4n) is 3.06. The first-order valence-corrected chi connectivity index (χ1v) is 9.17. The molecule has 126 valence electrons. The Morgan fingerprint density at radius 2 is 2.22 bits per heavy atom. The molecular weight excluding hydrogens is 318 g/mol. The number of hydrogen-bond acceptors (Lipinski definition) is 4. The van der Waals surface area contributed by atoms with E-state index in [4.69, 9.17) is 0 Å². The molecule has 1 fully saturated rings. The number of aromatic nitrogens is 3. The SMILES string of the molecule is CN(c1ncnc2[nH]ccc12)C1CC(CSCCCC(F)F)C1. The smallest absolute Gasteiger partial charge is 0.238 e. The highest BCUT2D eigenvalue weighted by atomic mass is 32.2. The number of nitrogens with zero attached hydrogens (tertiary/aromatic N) is 3. The zero-order valence-corrected chi connectivity index (χ0v) is 14.0. The Hall–Kier alpha value is -1.37. The van der Waals surface area contributed by atoms with Gasteiger partial charge in [-0.25, -0.2) is 18.7 Å². The Kier molecular flexibility index (Phi) is 5.35. The van der Waals surface area contributed by atoms with Gasteiger partial charge in [0.05, 0.1) is 5.39 Å². The van der Waals surface area contributed by atoms with Gasteiger partial charge in [0.25, 0.3) is 0 Å². The maximum absolute atomic E-state index is 12.1. The molecule has 0 atom stereocenters. The summed E-state index contributed by atoms with van der Waals surface area (Å²) in [5.74, 6) is 3.60. The van der Waals surface area contributed by atoms with Crippen molar-refractivity contribution in [1.82, 2.24) is 15.0 Å². The standard InChI is InChI=1S/C16H22F2N4S/c1-22(16-13-4-5-19-15(13)20-10-21-16)12-7-11(8-12)9-23-6-2-3-14(17)18/h4-5,10-12,14H,2-3,6-9H2,1H3,(H,19,20,21). The van der Waals surface area contributed by atoms with Gasteiger partial charge in [-0.3, -0.25) is 0 Å². The molecule has 0 saturated heterocycles. The summed E-state index contributed by atoms with van der Waals surface area (Å²) in [6.45, 7) is 0. The summed E-state index contributed by atoms with van der Waals surface area (Å²) in [6.07, 6.45) is 4.27. The molecule has 0 spiro atoms. The Balaban J connectivity index is 1.43. The molecule has 1 aliphatic rings. The number of alkyl halides is 2. The lowest BCUT2D eigenvalue weighted by Gasteiger charge is -2.41. The van der Waals surface area contributed by atoms with Gasteiger partial charge >= 0.3 is 0 Å². The van der Waals surface area contributed by atoms with Gasteiger partial charge in [-0.05, 0) is 42.8 Å². The van der Waals surface area contributed by atoms with E-state index in [2.05, 4.69) is 26.9 Å². The molecule has 0 radical (unpaired) electrons. The fraction of sp³-hybridized carbons (Fsp3) is 0.625. The second-order valence-electron chi connectivity index (χ2n) is 6.15. The lowest BCUT2D eigenvalue weighted by atomic mass is 9.81. The average molecular weight is 340 g/mol. The predicted molar refractivity (Wildman–Crippen MR) is 91.4 cm³/mol. The van der Waals surface area contributed by atoms with Crippen LogP contribution in [-0.2, 0) is 0 Å². The van der Waals surface area contributed by atoms with E-state index in [1.165, 1.54) is 0 Å². The topological polar surface area (TPSA) is 44.8 Å². The number of thioether (sulfide) groups is 1. The molecule has 4 nitrogen and oxygen atoms in total. The van der Waals surface area contributed by atoms with Gasteiger partial charge in [0.15, 0.2) is 0 Å². The lowest BCUT2D eigenvalue weighted by molar-refractivity contribution is 0.137. The molecule has 2 aromatic rings. The fourth-order valence-corrected chi connectivity index (χ4v) is 4.20. The van der Waals surface area contributed by atoms with E-state index in [0.717, 1.165) is 41.2 Å². The predicted octanol–water partition coefficient (Wildman–Crippen LogP) is 3.95. The number of hydrogen-bond donors (Lipinski definition) is 1. The van der Waals surface area contributed by atoms with Crippen molar-refractivity contribution in [2.75, 3.05) is 23.5 Å². The second kappa shape index (κ2) is 7.47. The number of halogens is 2. The van der Waals surface area contributed by atoms with E-state index in [0.29, 0.717) is 18.4 Å². The monoisotopic (exact) mass is 340 g/mol. The molecule has 2 heterocycles. The third-order valence-corrected chi connectivity index (χ3v) is 5.77. The quantitative estimate of drug-likeness (QED) is 0.739. The molecular formula is C16H22F2N4S. The molecule has 1 saturated carbocycles. The molecule has 0 amide bonds. The minimum atomic E-state index is -2.16. The Bertz CT molecular complexity index is 627. The van der Waals surface area contributed by atoms with Crippen molar-refractivity contribution < 1.29 is 8.78 Å². The molecule has 3 rings (SSSR count). The molecule has 0 unspecified atom stereocenters. The summed E-state index contributed by atoms with van der Waals surface area (Å²) in [7, 11) is 2.09. The summed E-state index contributed by atoms with van der Waals surface area (Å²) < 4.78 is 24.1. The summed E-state index contributed by atoms with van der Waals surface area (Å²) in [6, 6.07) is 2.52. The zero-order valence-electron chi connectivity index (χ0n) is 13.2. The maximum Gasteiger partial charge on any atom is 0.238 e. The molecule has 0 aliphatic heterocycles. The van der Waals surface area contributed by atoms with Crippen LogP contribution in [0.25, 0.3) is 11.0 Å². The van der Waals surface area contributed by atoms with Crippen LogP contribution in [0.2, 0.25) is 0 Å². The molecule has 2 aromatic heterocycles. The van der Waals surface area contributed by atoms with Gasteiger partial charge in [0.1, 0.15) is 17.8 Å². The van der Waals surface area contributed by atoms with Crippen molar-refractivity contribution in [1.29, 1.82) is 0 Å². The van der Waals surface area contributed by atoms with Crippen LogP contribution < -0.4 is 4.90 Å². The van der Waals surface area contributed by atoms with Crippen LogP contribution in [0.1, 0.15) is 25.7 Å². The number of rotatable bonds is 8. The largest absolute Gasteiger partial charge is 0.356 e. The van der Waals surface area contributed by atoms with Gasteiger partial charge in [-0.2, -0.15) is 11.8 Å². The summed E-state index contributed by atoms with van der Waals surface area (Å²) in [5.41, 5.74) is 0.868. The van der Waals surface area contributed by atoms with Gasteiger partial charge in [-0.1, -0.05) is 0 Å². The Labute approximate surface area is 139 Å². The van der Waals surface area contributed by atoms with E-state index in [1.54, 1.807) is 6.33 Å². The molecule has 0 aromatic carbocycles. The van der Waals surface area contributed by atoms with Gasteiger partial charge in [0.2, 0.25) is 6.43 Å². The van der Waals surface area contributed by atoms with Crippen molar-refractivity contribution in [2.45, 2.75) is 38.2 Å². The summed E-state index contributed by atoms with van der Waals surface area (Å²) in [4.78, 5) is 14.0. The first kappa shape index (κ1) is 16.5. The molecule has 23 heavy (non-hydrogen) atoms. The lowest BCUT2D eigenvalue weighted by Crippen LogP contribution is -2.44. The van der Waals surface area contributed by atoms with Crippen LogP contribution in [0, 0.1) is 5.92 Å². The molecule has 7 heteroatoms. The number of H-pyrrole nitrogens is 1. The summed E-state index contributed by atoms with van der Waals surface area (Å²) >= 11 is 1.81. The van der Waals surface area contributed by atoms with Crippen LogP contribution in [0.3, 0.4) is 0 Å². The third-order valence-electron chi connectivity index (χ3n) is 4.49. The van der Waals surface area contributed by atoms with Crippen LogP contribution in [0.15, 0.2) is 18.6 Å².